The maximum atomic E-state index is 12.7. The molecule has 0 aromatic heterocycles. The topological polar surface area (TPSA) is 67.8 Å². The van der Waals surface area contributed by atoms with E-state index in [-0.39, 0.29) is 28.5 Å². The molecule has 164 valence electrons. The Morgan fingerprint density at radius 2 is 1.67 bits per heavy atom. The lowest BCUT2D eigenvalue weighted by molar-refractivity contribution is -0.137. The Kier molecular flexibility index (Phi) is 6.92. The molecule has 0 radical (unpaired) electrons. The molecule has 2 aromatic carbocycles. The maximum Gasteiger partial charge on any atom is 0.516 e. The Morgan fingerprint density at radius 3 is 2.17 bits per heavy atom. The van der Waals surface area contributed by atoms with Crippen LogP contribution in [0, 0.1) is 0 Å². The van der Waals surface area contributed by atoms with E-state index in [2.05, 4.69) is 5.16 Å². The maximum absolute atomic E-state index is 12.7. The summed E-state index contributed by atoms with van der Waals surface area (Å²) in [6.07, 6.45) is -4.47. The van der Waals surface area contributed by atoms with Gasteiger partial charge >= 0.3 is 21.7 Å². The average molecular weight is 475 g/mol. The number of alkyl halides is 6. The lowest BCUT2D eigenvalue weighted by Crippen LogP contribution is -2.30. The van der Waals surface area contributed by atoms with Crippen LogP contribution in [0.15, 0.2) is 47.6 Å². The van der Waals surface area contributed by atoms with E-state index < -0.39 is 33.0 Å². The van der Waals surface area contributed by atoms with Crippen LogP contribution in [0.3, 0.4) is 0 Å². The van der Waals surface area contributed by atoms with Gasteiger partial charge in [-0.1, -0.05) is 23.7 Å². The molecule has 5 nitrogen and oxygen atoms in total. The average Bonchev–Trinajstić information content (AvgIpc) is 2.63. The van der Waals surface area contributed by atoms with Crippen LogP contribution >= 0.6 is 11.6 Å². The van der Waals surface area contributed by atoms with Crippen molar-refractivity contribution >= 4 is 33.0 Å². The highest BCUT2D eigenvalue weighted by Crippen LogP contribution is 2.31. The van der Waals surface area contributed by atoms with Crippen LogP contribution in [-0.2, 0) is 16.2 Å². The van der Waals surface area contributed by atoms with E-state index in [1.165, 1.54) is 16.9 Å². The number of rotatable bonds is 6. The molecular weight excluding hydrogens is 462 g/mol. The van der Waals surface area contributed by atoms with Gasteiger partial charge in [0.2, 0.25) is 0 Å². The standard InChI is InChI=1S/C17H13ClF6N2O3S/c1-2-14(25-29-12-6-3-10(4-7-12)16(19,20)21)13-9-11(18)5-8-15(13)26-30(27,28)17(22,23)24/h3-9,26H,2H2,1H3/b25-14+. The number of nitrogens with one attached hydrogen (secondary N) is 1. The highest BCUT2D eigenvalue weighted by molar-refractivity contribution is 7.93. The number of nitrogens with zero attached hydrogens (tertiary/aromatic N) is 1. The number of hydrogen-bond acceptors (Lipinski definition) is 4. The third-order valence-corrected chi connectivity index (χ3v) is 4.95. The third-order valence-electron chi connectivity index (χ3n) is 3.62. The van der Waals surface area contributed by atoms with Crippen molar-refractivity contribution in [1.29, 1.82) is 0 Å². The van der Waals surface area contributed by atoms with Gasteiger partial charge in [-0.25, -0.2) is 0 Å². The van der Waals surface area contributed by atoms with Crippen molar-refractivity contribution in [1.82, 2.24) is 0 Å². The zero-order valence-corrected chi connectivity index (χ0v) is 16.5. The molecule has 0 aliphatic heterocycles. The van der Waals surface area contributed by atoms with Gasteiger partial charge in [-0.2, -0.15) is 34.8 Å². The first-order chi connectivity index (χ1) is 13.7. The molecule has 0 fully saturated rings. The Morgan fingerprint density at radius 1 is 1.07 bits per heavy atom. The fraction of sp³-hybridized carbons (Fsp3) is 0.235. The molecule has 13 heteroatoms. The minimum absolute atomic E-state index is 0.00253. The SMILES string of the molecule is CC/C(=N\Oc1ccc(C(F)(F)F)cc1)c1cc(Cl)ccc1NS(=O)(=O)C(F)(F)F. The van der Waals surface area contributed by atoms with Crippen LogP contribution in [0.25, 0.3) is 0 Å². The summed E-state index contributed by atoms with van der Waals surface area (Å²) in [7, 11) is -5.71. The second-order valence-corrected chi connectivity index (χ2v) is 7.86. The van der Waals surface area contributed by atoms with Crippen LogP contribution < -0.4 is 9.56 Å². The number of anilines is 1. The van der Waals surface area contributed by atoms with Crippen LogP contribution in [0.1, 0.15) is 24.5 Å². The number of halogens is 7. The minimum Gasteiger partial charge on any atom is -0.357 e. The van der Waals surface area contributed by atoms with E-state index in [9.17, 15) is 34.8 Å². The lowest BCUT2D eigenvalue weighted by Gasteiger charge is -2.15. The molecule has 0 aliphatic rings. The van der Waals surface area contributed by atoms with Crippen LogP contribution in [0.2, 0.25) is 5.02 Å². The number of hydrogen-bond donors (Lipinski definition) is 1. The van der Waals surface area contributed by atoms with Crippen LogP contribution in [-0.4, -0.2) is 19.6 Å². The zero-order valence-electron chi connectivity index (χ0n) is 15.0. The summed E-state index contributed by atoms with van der Waals surface area (Å²) >= 11 is 5.85. The molecule has 0 saturated heterocycles. The highest BCUT2D eigenvalue weighted by atomic mass is 35.5. The van der Waals surface area contributed by atoms with Crippen LogP contribution in [0.4, 0.5) is 32.0 Å². The lowest BCUT2D eigenvalue weighted by atomic mass is 10.1. The summed E-state index contributed by atoms with van der Waals surface area (Å²) in [5.74, 6) is -0.0756. The predicted molar refractivity (Wildman–Crippen MR) is 98.9 cm³/mol. The molecule has 2 aromatic rings. The van der Waals surface area contributed by atoms with Crippen LogP contribution in [0.5, 0.6) is 5.75 Å². The van der Waals surface area contributed by atoms with Crippen molar-refractivity contribution in [3.63, 3.8) is 0 Å². The Hall–Kier alpha value is -2.47. The first-order valence-corrected chi connectivity index (χ1v) is 9.91. The molecule has 2 rings (SSSR count). The summed E-state index contributed by atoms with van der Waals surface area (Å²) in [6, 6.07) is 6.90. The van der Waals surface area contributed by atoms with Gasteiger partial charge in [0.1, 0.15) is 0 Å². The monoisotopic (exact) mass is 474 g/mol. The van der Waals surface area contributed by atoms with E-state index in [1.54, 1.807) is 6.92 Å². The molecule has 30 heavy (non-hydrogen) atoms. The second kappa shape index (κ2) is 8.72. The molecular formula is C17H13ClF6N2O3S. The van der Waals surface area contributed by atoms with Gasteiger partial charge in [-0.05, 0) is 48.9 Å². The minimum atomic E-state index is -5.71. The van der Waals surface area contributed by atoms with E-state index in [0.29, 0.717) is 0 Å². The molecule has 0 bridgehead atoms. The van der Waals surface area contributed by atoms with Gasteiger partial charge in [0.05, 0.1) is 17.0 Å². The summed E-state index contributed by atoms with van der Waals surface area (Å²) in [4.78, 5) is 5.05. The van der Waals surface area contributed by atoms with Gasteiger partial charge in [0.25, 0.3) is 0 Å². The van der Waals surface area contributed by atoms with Gasteiger partial charge < -0.3 is 4.84 Å². The number of sulfonamides is 1. The summed E-state index contributed by atoms with van der Waals surface area (Å²) in [5, 5.41) is 3.81. The highest BCUT2D eigenvalue weighted by Gasteiger charge is 2.46. The summed E-state index contributed by atoms with van der Waals surface area (Å²) < 4.78 is 100. The molecule has 0 saturated carbocycles. The normalized spacial score (nSPS) is 13.3. The van der Waals surface area contributed by atoms with Gasteiger partial charge in [0.15, 0.2) is 5.75 Å². The van der Waals surface area contributed by atoms with Crippen molar-refractivity contribution in [3.05, 3.63) is 58.6 Å². The predicted octanol–water partition coefficient (Wildman–Crippen LogP) is 5.81. The third kappa shape index (κ3) is 5.79. The first kappa shape index (κ1) is 23.8. The van der Waals surface area contributed by atoms with E-state index in [1.807, 2.05) is 0 Å². The summed E-state index contributed by atoms with van der Waals surface area (Å²) in [6.45, 7) is 1.55. The molecule has 0 amide bonds. The molecule has 0 aliphatic carbocycles. The molecule has 0 spiro atoms. The van der Waals surface area contributed by atoms with Crippen molar-refractivity contribution < 1.29 is 39.6 Å². The second-order valence-electron chi connectivity index (χ2n) is 5.75. The zero-order chi connectivity index (χ0) is 22.7. The van der Waals surface area contributed by atoms with Crippen molar-refractivity contribution in [2.75, 3.05) is 4.72 Å². The van der Waals surface area contributed by atoms with E-state index in [0.717, 1.165) is 30.3 Å². The smallest absolute Gasteiger partial charge is 0.357 e. The number of oxime groups is 1. The fourth-order valence-corrected chi connectivity index (χ4v) is 2.92. The molecule has 0 unspecified atom stereocenters. The van der Waals surface area contributed by atoms with Gasteiger partial charge in [-0.3, -0.25) is 4.72 Å². The molecule has 1 N–H and O–H groups in total. The molecule has 0 atom stereocenters. The fourth-order valence-electron chi connectivity index (χ4n) is 2.16. The quantitative estimate of drug-likeness (QED) is 0.326. The summed E-state index contributed by atoms with van der Waals surface area (Å²) in [5.41, 5.74) is -7.01. The van der Waals surface area contributed by atoms with E-state index in [4.69, 9.17) is 16.4 Å². The Balaban J connectivity index is 2.37. The number of benzene rings is 2. The van der Waals surface area contributed by atoms with E-state index >= 15 is 0 Å². The van der Waals surface area contributed by atoms with Crippen molar-refractivity contribution in [3.8, 4) is 5.75 Å². The Bertz CT molecular complexity index is 1030. The first-order valence-electron chi connectivity index (χ1n) is 8.04. The van der Waals surface area contributed by atoms with Crippen molar-refractivity contribution in [2.24, 2.45) is 5.16 Å². The van der Waals surface area contributed by atoms with Gasteiger partial charge in [0, 0.05) is 10.6 Å². The van der Waals surface area contributed by atoms with Gasteiger partial charge in [-0.15, -0.1) is 0 Å². The Labute approximate surface area is 172 Å². The molecule has 0 heterocycles. The largest absolute Gasteiger partial charge is 0.516 e. The van der Waals surface area contributed by atoms with Crippen molar-refractivity contribution in [2.45, 2.75) is 25.0 Å².